The van der Waals surface area contributed by atoms with Crippen molar-refractivity contribution in [3.8, 4) is 5.75 Å². The van der Waals surface area contributed by atoms with E-state index in [0.29, 0.717) is 12.5 Å². The number of unbranched alkanes of at least 4 members (excludes halogenated alkanes) is 1. The van der Waals surface area contributed by atoms with Crippen LogP contribution in [0.4, 0.5) is 0 Å². The van der Waals surface area contributed by atoms with Gasteiger partial charge in [0.2, 0.25) is 0 Å². The lowest BCUT2D eigenvalue weighted by Crippen LogP contribution is -2.29. The van der Waals surface area contributed by atoms with Gasteiger partial charge in [0.15, 0.2) is 0 Å². The van der Waals surface area contributed by atoms with Crippen LogP contribution in [-0.2, 0) is 6.42 Å². The van der Waals surface area contributed by atoms with Gasteiger partial charge in [0.1, 0.15) is 5.75 Å². The molecular weight excluding hydrogens is 236 g/mol. The van der Waals surface area contributed by atoms with Gasteiger partial charge in [0.05, 0.1) is 12.7 Å². The van der Waals surface area contributed by atoms with Crippen molar-refractivity contribution in [3.05, 3.63) is 29.8 Å². The summed E-state index contributed by atoms with van der Waals surface area (Å²) in [5.74, 6) is 1.26. The Morgan fingerprint density at radius 2 is 2.11 bits per heavy atom. The van der Waals surface area contributed by atoms with Gasteiger partial charge in [-0.3, -0.25) is 0 Å². The number of rotatable bonds is 6. The fraction of sp³-hybridized carbons (Fsp3) is 0.647. The highest BCUT2D eigenvalue weighted by Gasteiger charge is 2.23. The van der Waals surface area contributed by atoms with Gasteiger partial charge < -0.3 is 9.84 Å². The summed E-state index contributed by atoms with van der Waals surface area (Å²) in [6, 6.07) is 8.39. The molecule has 106 valence electrons. The zero-order valence-electron chi connectivity index (χ0n) is 12.0. The van der Waals surface area contributed by atoms with E-state index in [0.717, 1.165) is 31.4 Å². The molecule has 1 aliphatic carbocycles. The van der Waals surface area contributed by atoms with Crippen LogP contribution in [0.3, 0.4) is 0 Å². The topological polar surface area (TPSA) is 29.5 Å². The molecule has 0 bridgehead atoms. The van der Waals surface area contributed by atoms with E-state index >= 15 is 0 Å². The normalized spacial score (nSPS) is 23.3. The fourth-order valence-corrected chi connectivity index (χ4v) is 2.76. The number of aryl methyl sites for hydroxylation is 1. The summed E-state index contributed by atoms with van der Waals surface area (Å²) in [5, 5.41) is 9.94. The Bertz CT molecular complexity index is 375. The summed E-state index contributed by atoms with van der Waals surface area (Å²) in [6.07, 6.45) is 7.81. The van der Waals surface area contributed by atoms with Crippen LogP contribution in [0.25, 0.3) is 0 Å². The third-order valence-corrected chi connectivity index (χ3v) is 4.05. The second-order valence-corrected chi connectivity index (χ2v) is 5.67. The van der Waals surface area contributed by atoms with Crippen LogP contribution in [0, 0.1) is 5.92 Å². The molecule has 0 spiro atoms. The highest BCUT2D eigenvalue weighted by atomic mass is 16.5. The summed E-state index contributed by atoms with van der Waals surface area (Å²) in [6.45, 7) is 2.86. The molecule has 0 radical (unpaired) electrons. The summed E-state index contributed by atoms with van der Waals surface area (Å²) in [4.78, 5) is 0. The molecule has 0 heterocycles. The number of aliphatic hydroxyl groups is 1. The van der Waals surface area contributed by atoms with Crippen molar-refractivity contribution in [1.82, 2.24) is 0 Å². The number of aliphatic hydroxyl groups excluding tert-OH is 1. The van der Waals surface area contributed by atoms with Crippen molar-refractivity contribution < 1.29 is 9.84 Å². The molecule has 0 amide bonds. The molecule has 1 fully saturated rings. The fourth-order valence-electron chi connectivity index (χ4n) is 2.76. The Balaban J connectivity index is 1.84. The largest absolute Gasteiger partial charge is 0.493 e. The van der Waals surface area contributed by atoms with Crippen molar-refractivity contribution >= 4 is 0 Å². The minimum atomic E-state index is -0.169. The first kappa shape index (κ1) is 14.4. The first-order valence-corrected chi connectivity index (χ1v) is 7.69. The first-order chi connectivity index (χ1) is 9.29. The van der Waals surface area contributed by atoms with Crippen molar-refractivity contribution in [3.63, 3.8) is 0 Å². The molecule has 0 aromatic heterocycles. The van der Waals surface area contributed by atoms with E-state index in [1.807, 2.05) is 6.07 Å². The summed E-state index contributed by atoms with van der Waals surface area (Å²) >= 11 is 0. The minimum Gasteiger partial charge on any atom is -0.493 e. The number of benzene rings is 1. The van der Waals surface area contributed by atoms with E-state index in [1.54, 1.807) is 0 Å². The Hall–Kier alpha value is -1.02. The van der Waals surface area contributed by atoms with E-state index in [2.05, 4.69) is 25.1 Å². The van der Waals surface area contributed by atoms with E-state index in [4.69, 9.17) is 4.74 Å². The molecule has 1 aromatic carbocycles. The van der Waals surface area contributed by atoms with E-state index in [-0.39, 0.29) is 6.10 Å². The van der Waals surface area contributed by atoms with Crippen LogP contribution in [0.5, 0.6) is 5.75 Å². The predicted octanol–water partition coefficient (Wildman–Crippen LogP) is 3.96. The van der Waals surface area contributed by atoms with E-state index in [1.165, 1.54) is 24.8 Å². The smallest absolute Gasteiger partial charge is 0.119 e. The van der Waals surface area contributed by atoms with Gasteiger partial charge in [-0.25, -0.2) is 0 Å². The SMILES string of the molecule is CCCCc1cccc(OC[C@@H]2CCCC[C@H]2O)c1. The van der Waals surface area contributed by atoms with Gasteiger partial charge in [-0.15, -0.1) is 0 Å². The Morgan fingerprint density at radius 3 is 2.89 bits per heavy atom. The van der Waals surface area contributed by atoms with Crippen LogP contribution >= 0.6 is 0 Å². The summed E-state index contributed by atoms with van der Waals surface area (Å²) in [7, 11) is 0. The molecule has 19 heavy (non-hydrogen) atoms. The summed E-state index contributed by atoms with van der Waals surface area (Å²) < 4.78 is 5.88. The second-order valence-electron chi connectivity index (χ2n) is 5.67. The van der Waals surface area contributed by atoms with Gasteiger partial charge in [-0.1, -0.05) is 38.3 Å². The van der Waals surface area contributed by atoms with Crippen LogP contribution in [0.2, 0.25) is 0 Å². The maximum atomic E-state index is 9.94. The van der Waals surface area contributed by atoms with E-state index < -0.39 is 0 Å². The van der Waals surface area contributed by atoms with Crippen molar-refractivity contribution in [1.29, 1.82) is 0 Å². The average Bonchev–Trinajstić information content (AvgIpc) is 2.45. The lowest BCUT2D eigenvalue weighted by molar-refractivity contribution is 0.0422. The second kappa shape index (κ2) is 7.54. The number of hydrogen-bond donors (Lipinski definition) is 1. The summed E-state index contributed by atoms with van der Waals surface area (Å²) in [5.41, 5.74) is 1.35. The quantitative estimate of drug-likeness (QED) is 0.841. The third kappa shape index (κ3) is 4.54. The molecular formula is C17H26O2. The maximum absolute atomic E-state index is 9.94. The Kier molecular flexibility index (Phi) is 5.71. The average molecular weight is 262 g/mol. The van der Waals surface area contributed by atoms with Gasteiger partial charge >= 0.3 is 0 Å². The standard InChI is InChI=1S/C17H26O2/c1-2-3-7-14-8-6-10-16(12-14)19-13-15-9-4-5-11-17(15)18/h6,8,10,12,15,17-18H,2-5,7,9,11,13H2,1H3/t15-,17+/m0/s1. The molecule has 2 atom stereocenters. The van der Waals surface area contributed by atoms with Crippen molar-refractivity contribution in [2.45, 2.75) is 58.0 Å². The van der Waals surface area contributed by atoms with Crippen LogP contribution in [-0.4, -0.2) is 17.8 Å². The zero-order valence-corrected chi connectivity index (χ0v) is 12.0. The molecule has 0 saturated heterocycles. The molecule has 1 aromatic rings. The molecule has 2 heteroatoms. The minimum absolute atomic E-state index is 0.169. The van der Waals surface area contributed by atoms with Crippen molar-refractivity contribution in [2.24, 2.45) is 5.92 Å². The first-order valence-electron chi connectivity index (χ1n) is 7.69. The van der Waals surface area contributed by atoms with Crippen molar-refractivity contribution in [2.75, 3.05) is 6.61 Å². The molecule has 1 N–H and O–H groups in total. The zero-order chi connectivity index (χ0) is 13.5. The molecule has 1 aliphatic rings. The maximum Gasteiger partial charge on any atom is 0.119 e. The van der Waals surface area contributed by atoms with E-state index in [9.17, 15) is 5.11 Å². The lowest BCUT2D eigenvalue weighted by atomic mass is 9.87. The van der Waals surface area contributed by atoms with Crippen LogP contribution in [0.1, 0.15) is 51.0 Å². The molecule has 0 unspecified atom stereocenters. The van der Waals surface area contributed by atoms with Crippen LogP contribution < -0.4 is 4.74 Å². The lowest BCUT2D eigenvalue weighted by Gasteiger charge is -2.27. The highest BCUT2D eigenvalue weighted by molar-refractivity contribution is 5.28. The number of ether oxygens (including phenoxy) is 1. The van der Waals surface area contributed by atoms with Gasteiger partial charge in [-0.05, 0) is 43.4 Å². The predicted molar refractivity (Wildman–Crippen MR) is 78.5 cm³/mol. The molecule has 2 rings (SSSR count). The Labute approximate surface area is 116 Å². The Morgan fingerprint density at radius 1 is 1.26 bits per heavy atom. The monoisotopic (exact) mass is 262 g/mol. The van der Waals surface area contributed by atoms with Gasteiger partial charge in [0, 0.05) is 5.92 Å². The molecule has 2 nitrogen and oxygen atoms in total. The number of hydrogen-bond acceptors (Lipinski definition) is 2. The van der Waals surface area contributed by atoms with Gasteiger partial charge in [0.25, 0.3) is 0 Å². The molecule has 0 aliphatic heterocycles. The molecule has 1 saturated carbocycles. The highest BCUT2D eigenvalue weighted by Crippen LogP contribution is 2.25. The third-order valence-electron chi connectivity index (χ3n) is 4.05. The van der Waals surface area contributed by atoms with Gasteiger partial charge in [-0.2, -0.15) is 0 Å². The van der Waals surface area contributed by atoms with Crippen LogP contribution in [0.15, 0.2) is 24.3 Å².